The van der Waals surface area contributed by atoms with Crippen molar-refractivity contribution in [2.24, 2.45) is 0 Å². The van der Waals surface area contributed by atoms with Gasteiger partial charge < -0.3 is 5.32 Å². The first-order valence-corrected chi connectivity index (χ1v) is 7.78. The van der Waals surface area contributed by atoms with Gasteiger partial charge in [-0.15, -0.1) is 0 Å². The van der Waals surface area contributed by atoms with Crippen molar-refractivity contribution in [3.05, 3.63) is 74.7 Å². The van der Waals surface area contributed by atoms with Gasteiger partial charge in [0.15, 0.2) is 0 Å². The number of benzene rings is 2. The van der Waals surface area contributed by atoms with Crippen molar-refractivity contribution in [3.63, 3.8) is 0 Å². The van der Waals surface area contributed by atoms with E-state index in [1.165, 1.54) is 6.08 Å². The van der Waals surface area contributed by atoms with Crippen LogP contribution in [-0.4, -0.2) is 5.91 Å². The summed E-state index contributed by atoms with van der Waals surface area (Å²) in [6.45, 7) is 1.86. The van der Waals surface area contributed by atoms with Gasteiger partial charge in [-0.25, -0.2) is 0 Å². The molecule has 22 heavy (non-hydrogen) atoms. The van der Waals surface area contributed by atoms with Crippen molar-refractivity contribution < 1.29 is 4.79 Å². The first kappa shape index (κ1) is 16.9. The topological polar surface area (TPSA) is 29.1 Å². The summed E-state index contributed by atoms with van der Waals surface area (Å²) in [5.41, 5.74) is 1.72. The highest BCUT2D eigenvalue weighted by Crippen LogP contribution is 2.26. The first-order valence-electron chi connectivity index (χ1n) is 6.65. The molecule has 2 aromatic carbocycles. The Morgan fingerprint density at radius 1 is 1.05 bits per heavy atom. The van der Waals surface area contributed by atoms with Gasteiger partial charge in [0.1, 0.15) is 0 Å². The maximum atomic E-state index is 12.0. The Hall–Kier alpha value is -1.48. The SMILES string of the molecule is C[C@@H](NC(=O)/C=C/c1ccc(Cl)cc1)c1ccc(Cl)cc1Cl. The smallest absolute Gasteiger partial charge is 0.244 e. The largest absolute Gasteiger partial charge is 0.346 e. The van der Waals surface area contributed by atoms with Crippen LogP contribution in [0.15, 0.2) is 48.5 Å². The van der Waals surface area contributed by atoms with E-state index in [0.29, 0.717) is 15.1 Å². The third-order valence-electron chi connectivity index (χ3n) is 3.08. The number of carbonyl (C=O) groups is 1. The molecule has 2 nitrogen and oxygen atoms in total. The number of rotatable bonds is 4. The van der Waals surface area contributed by atoms with Crippen molar-refractivity contribution in [1.29, 1.82) is 0 Å². The highest BCUT2D eigenvalue weighted by molar-refractivity contribution is 6.35. The molecule has 0 fully saturated rings. The van der Waals surface area contributed by atoms with Crippen LogP contribution < -0.4 is 5.32 Å². The number of amides is 1. The summed E-state index contributed by atoms with van der Waals surface area (Å²) in [4.78, 5) is 12.0. The molecule has 0 aliphatic rings. The summed E-state index contributed by atoms with van der Waals surface area (Å²) in [6.07, 6.45) is 3.20. The van der Waals surface area contributed by atoms with Crippen molar-refractivity contribution in [3.8, 4) is 0 Å². The Balaban J connectivity index is 2.00. The van der Waals surface area contributed by atoms with E-state index in [4.69, 9.17) is 34.8 Å². The predicted octanol–water partition coefficient (Wildman–Crippen LogP) is 5.54. The molecular formula is C17H14Cl3NO. The minimum atomic E-state index is -0.216. The fraction of sp³-hybridized carbons (Fsp3) is 0.118. The van der Waals surface area contributed by atoms with E-state index >= 15 is 0 Å². The Morgan fingerprint density at radius 2 is 1.68 bits per heavy atom. The Labute approximate surface area is 144 Å². The van der Waals surface area contributed by atoms with E-state index in [1.54, 1.807) is 36.4 Å². The molecule has 0 heterocycles. The van der Waals surface area contributed by atoms with Crippen LogP contribution >= 0.6 is 34.8 Å². The third kappa shape index (κ3) is 4.77. The van der Waals surface area contributed by atoms with E-state index in [9.17, 15) is 4.79 Å². The van der Waals surface area contributed by atoms with Crippen molar-refractivity contribution in [2.45, 2.75) is 13.0 Å². The average Bonchev–Trinajstić information content (AvgIpc) is 2.46. The molecular weight excluding hydrogens is 341 g/mol. The fourth-order valence-electron chi connectivity index (χ4n) is 1.94. The Morgan fingerprint density at radius 3 is 2.32 bits per heavy atom. The minimum absolute atomic E-state index is 0.200. The molecule has 114 valence electrons. The van der Waals surface area contributed by atoms with Crippen LogP contribution in [0.1, 0.15) is 24.1 Å². The standard InChI is InChI=1S/C17H14Cl3NO/c1-11(15-8-7-14(19)10-16(15)20)21-17(22)9-4-12-2-5-13(18)6-3-12/h2-11H,1H3,(H,21,22)/b9-4+/t11-/m1/s1. The number of nitrogens with one attached hydrogen (secondary N) is 1. The molecule has 1 N–H and O–H groups in total. The lowest BCUT2D eigenvalue weighted by Crippen LogP contribution is -2.24. The molecule has 0 aliphatic carbocycles. The molecule has 0 saturated carbocycles. The van der Waals surface area contributed by atoms with Gasteiger partial charge in [-0.3, -0.25) is 4.79 Å². The molecule has 0 spiro atoms. The van der Waals surface area contributed by atoms with Crippen LogP contribution in [0.25, 0.3) is 6.08 Å². The summed E-state index contributed by atoms with van der Waals surface area (Å²) in [6, 6.07) is 12.2. The predicted molar refractivity (Wildman–Crippen MR) is 93.5 cm³/mol. The summed E-state index contributed by atoms with van der Waals surface area (Å²) in [5.74, 6) is -0.200. The molecule has 0 bridgehead atoms. The van der Waals surface area contributed by atoms with Crippen LogP contribution in [-0.2, 0) is 4.79 Å². The average molecular weight is 355 g/mol. The molecule has 0 saturated heterocycles. The first-order chi connectivity index (χ1) is 10.5. The van der Waals surface area contributed by atoms with E-state index in [-0.39, 0.29) is 11.9 Å². The molecule has 2 rings (SSSR count). The summed E-state index contributed by atoms with van der Waals surface area (Å²) < 4.78 is 0. The summed E-state index contributed by atoms with van der Waals surface area (Å²) >= 11 is 17.8. The second-order valence-electron chi connectivity index (χ2n) is 4.78. The Kier molecular flexibility index (Phi) is 5.90. The lowest BCUT2D eigenvalue weighted by molar-refractivity contribution is -0.117. The maximum absolute atomic E-state index is 12.0. The highest BCUT2D eigenvalue weighted by atomic mass is 35.5. The number of hydrogen-bond donors (Lipinski definition) is 1. The van der Waals surface area contributed by atoms with Crippen LogP contribution in [0.2, 0.25) is 15.1 Å². The van der Waals surface area contributed by atoms with Gasteiger partial charge in [0.25, 0.3) is 0 Å². The van der Waals surface area contributed by atoms with Crippen molar-refractivity contribution in [2.75, 3.05) is 0 Å². The zero-order valence-corrected chi connectivity index (χ0v) is 14.1. The molecule has 0 radical (unpaired) electrons. The molecule has 1 amide bonds. The van der Waals surface area contributed by atoms with E-state index in [2.05, 4.69) is 5.32 Å². The van der Waals surface area contributed by atoms with E-state index < -0.39 is 0 Å². The van der Waals surface area contributed by atoms with Crippen LogP contribution in [0.3, 0.4) is 0 Å². The molecule has 0 aliphatic heterocycles. The lowest BCUT2D eigenvalue weighted by atomic mass is 10.1. The van der Waals surface area contributed by atoms with Gasteiger partial charge in [0.05, 0.1) is 6.04 Å². The second-order valence-corrected chi connectivity index (χ2v) is 6.06. The Bertz CT molecular complexity index is 696. The van der Waals surface area contributed by atoms with Crippen LogP contribution in [0.5, 0.6) is 0 Å². The van der Waals surface area contributed by atoms with Crippen molar-refractivity contribution in [1.82, 2.24) is 5.32 Å². The zero-order valence-electron chi connectivity index (χ0n) is 11.8. The van der Waals surface area contributed by atoms with Crippen LogP contribution in [0, 0.1) is 0 Å². The van der Waals surface area contributed by atoms with Gasteiger partial charge in [-0.2, -0.15) is 0 Å². The van der Waals surface area contributed by atoms with Gasteiger partial charge in [0.2, 0.25) is 5.91 Å². The fourth-order valence-corrected chi connectivity index (χ4v) is 2.64. The lowest BCUT2D eigenvalue weighted by Gasteiger charge is -2.14. The monoisotopic (exact) mass is 353 g/mol. The molecule has 2 aromatic rings. The molecule has 1 atom stereocenters. The minimum Gasteiger partial charge on any atom is -0.346 e. The number of halogens is 3. The van der Waals surface area contributed by atoms with Gasteiger partial charge in [-0.1, -0.05) is 53.0 Å². The van der Waals surface area contributed by atoms with Crippen molar-refractivity contribution >= 4 is 46.8 Å². The quantitative estimate of drug-likeness (QED) is 0.718. The van der Waals surface area contributed by atoms with E-state index in [0.717, 1.165) is 11.1 Å². The highest BCUT2D eigenvalue weighted by Gasteiger charge is 2.11. The van der Waals surface area contributed by atoms with Gasteiger partial charge >= 0.3 is 0 Å². The third-order valence-corrected chi connectivity index (χ3v) is 3.90. The second kappa shape index (κ2) is 7.68. The molecule has 5 heteroatoms. The van der Waals surface area contributed by atoms with Gasteiger partial charge in [0, 0.05) is 21.1 Å². The summed E-state index contributed by atoms with van der Waals surface area (Å²) in [7, 11) is 0. The molecule has 0 unspecified atom stereocenters. The van der Waals surface area contributed by atoms with Crippen LogP contribution in [0.4, 0.5) is 0 Å². The summed E-state index contributed by atoms with van der Waals surface area (Å²) in [5, 5.41) is 4.61. The zero-order chi connectivity index (χ0) is 16.1. The number of carbonyl (C=O) groups excluding carboxylic acids is 1. The maximum Gasteiger partial charge on any atom is 0.244 e. The number of hydrogen-bond acceptors (Lipinski definition) is 1. The molecule has 0 aromatic heterocycles. The van der Waals surface area contributed by atoms with Gasteiger partial charge in [-0.05, 0) is 48.4 Å². The van der Waals surface area contributed by atoms with E-state index in [1.807, 2.05) is 19.1 Å². The normalized spacial score (nSPS) is 12.4.